The molecule has 0 atom stereocenters. The van der Waals surface area contributed by atoms with Crippen LogP contribution in [0, 0.1) is 18.6 Å². The number of hydrogen-bond donors (Lipinski definition) is 1. The minimum atomic E-state index is -0.776. The zero-order valence-corrected chi connectivity index (χ0v) is 13.4. The van der Waals surface area contributed by atoms with Crippen molar-refractivity contribution < 1.29 is 13.6 Å². The maximum absolute atomic E-state index is 13.6. The summed E-state index contributed by atoms with van der Waals surface area (Å²) < 4.78 is 26.5. The van der Waals surface area contributed by atoms with Gasteiger partial charge in [0, 0.05) is 37.9 Å². The third kappa shape index (κ3) is 3.64. The summed E-state index contributed by atoms with van der Waals surface area (Å²) >= 11 is 0. The number of benzene rings is 2. The lowest BCUT2D eigenvalue weighted by Crippen LogP contribution is -2.50. The van der Waals surface area contributed by atoms with Crippen molar-refractivity contribution in [3.8, 4) is 0 Å². The summed E-state index contributed by atoms with van der Waals surface area (Å²) in [5.41, 5.74) is 2.32. The van der Waals surface area contributed by atoms with Gasteiger partial charge < -0.3 is 15.1 Å². The largest absolute Gasteiger partial charge is 0.368 e. The van der Waals surface area contributed by atoms with Crippen molar-refractivity contribution in [2.75, 3.05) is 36.4 Å². The van der Waals surface area contributed by atoms with Crippen molar-refractivity contribution in [1.29, 1.82) is 0 Å². The van der Waals surface area contributed by atoms with Gasteiger partial charge in [-0.1, -0.05) is 17.7 Å². The molecule has 0 radical (unpaired) electrons. The third-order valence-electron chi connectivity index (χ3n) is 4.14. The standard InChI is InChI=1S/C18H19F2N3O/c1-13-2-5-15(6-3-13)22-8-10-23(11-9-22)18(24)21-17-7-4-14(19)12-16(17)20/h2-7,12H,8-11H2,1H3,(H,21,24). The predicted octanol–water partition coefficient (Wildman–Crippen LogP) is 3.63. The minimum Gasteiger partial charge on any atom is -0.368 e. The quantitative estimate of drug-likeness (QED) is 0.912. The molecule has 0 aliphatic carbocycles. The van der Waals surface area contributed by atoms with E-state index in [0.29, 0.717) is 26.2 Å². The second-order valence-electron chi connectivity index (χ2n) is 5.86. The monoisotopic (exact) mass is 331 g/mol. The molecule has 1 N–H and O–H groups in total. The van der Waals surface area contributed by atoms with Gasteiger partial charge in [0.2, 0.25) is 0 Å². The van der Waals surface area contributed by atoms with Crippen LogP contribution in [0.5, 0.6) is 0 Å². The van der Waals surface area contributed by atoms with E-state index < -0.39 is 11.6 Å². The van der Waals surface area contributed by atoms with E-state index in [1.165, 1.54) is 11.6 Å². The Morgan fingerprint density at radius 1 is 1.00 bits per heavy atom. The normalized spacial score (nSPS) is 14.6. The van der Waals surface area contributed by atoms with Crippen LogP contribution in [0.4, 0.5) is 25.0 Å². The van der Waals surface area contributed by atoms with Gasteiger partial charge in [-0.2, -0.15) is 0 Å². The number of halogens is 2. The smallest absolute Gasteiger partial charge is 0.322 e. The molecule has 1 fully saturated rings. The number of carbonyl (C=O) groups excluding carboxylic acids is 1. The molecule has 0 aromatic heterocycles. The average molecular weight is 331 g/mol. The lowest BCUT2D eigenvalue weighted by molar-refractivity contribution is 0.208. The first kappa shape index (κ1) is 16.2. The van der Waals surface area contributed by atoms with E-state index in [0.717, 1.165) is 17.8 Å². The van der Waals surface area contributed by atoms with Gasteiger partial charge in [-0.25, -0.2) is 13.6 Å². The van der Waals surface area contributed by atoms with Crippen molar-refractivity contribution >= 4 is 17.4 Å². The lowest BCUT2D eigenvalue weighted by atomic mass is 10.2. The fraction of sp³-hybridized carbons (Fsp3) is 0.278. The number of urea groups is 1. The second-order valence-corrected chi connectivity index (χ2v) is 5.86. The highest BCUT2D eigenvalue weighted by atomic mass is 19.1. The van der Waals surface area contributed by atoms with Crippen LogP contribution in [-0.4, -0.2) is 37.1 Å². The Balaban J connectivity index is 1.58. The van der Waals surface area contributed by atoms with E-state index >= 15 is 0 Å². The second kappa shape index (κ2) is 6.86. The van der Waals surface area contributed by atoms with Gasteiger partial charge in [-0.15, -0.1) is 0 Å². The Bertz CT molecular complexity index is 726. The number of nitrogens with zero attached hydrogens (tertiary/aromatic N) is 2. The van der Waals surface area contributed by atoms with E-state index in [-0.39, 0.29) is 11.7 Å². The van der Waals surface area contributed by atoms with Crippen LogP contribution in [-0.2, 0) is 0 Å². The molecule has 0 spiro atoms. The predicted molar refractivity (Wildman–Crippen MR) is 90.3 cm³/mol. The molecule has 1 heterocycles. The van der Waals surface area contributed by atoms with Crippen LogP contribution in [0.1, 0.15) is 5.56 Å². The summed E-state index contributed by atoms with van der Waals surface area (Å²) in [7, 11) is 0. The molecule has 3 rings (SSSR count). The van der Waals surface area contributed by atoms with Gasteiger partial charge in [-0.05, 0) is 31.2 Å². The third-order valence-corrected chi connectivity index (χ3v) is 4.14. The number of aryl methyl sites for hydroxylation is 1. The highest BCUT2D eigenvalue weighted by Crippen LogP contribution is 2.19. The topological polar surface area (TPSA) is 35.6 Å². The van der Waals surface area contributed by atoms with E-state index in [1.54, 1.807) is 4.90 Å². The zero-order valence-electron chi connectivity index (χ0n) is 13.4. The van der Waals surface area contributed by atoms with E-state index in [2.05, 4.69) is 34.5 Å². The SMILES string of the molecule is Cc1ccc(N2CCN(C(=O)Nc3ccc(F)cc3F)CC2)cc1. The Morgan fingerprint density at radius 3 is 2.29 bits per heavy atom. The first-order valence-electron chi connectivity index (χ1n) is 7.85. The van der Waals surface area contributed by atoms with Gasteiger partial charge in [0.25, 0.3) is 0 Å². The van der Waals surface area contributed by atoms with Crippen molar-refractivity contribution in [2.45, 2.75) is 6.92 Å². The van der Waals surface area contributed by atoms with Crippen molar-refractivity contribution in [1.82, 2.24) is 4.90 Å². The molecule has 1 saturated heterocycles. The number of piperazine rings is 1. The summed E-state index contributed by atoms with van der Waals surface area (Å²) in [6, 6.07) is 11.0. The van der Waals surface area contributed by atoms with E-state index in [4.69, 9.17) is 0 Å². The molecule has 1 aliphatic heterocycles. The minimum absolute atomic E-state index is 0.0117. The maximum atomic E-state index is 13.6. The molecular formula is C18H19F2N3O. The lowest BCUT2D eigenvalue weighted by Gasteiger charge is -2.36. The number of carbonyl (C=O) groups is 1. The Labute approximate surface area is 139 Å². The van der Waals surface area contributed by atoms with Crippen LogP contribution < -0.4 is 10.2 Å². The van der Waals surface area contributed by atoms with Crippen molar-refractivity contribution in [3.05, 3.63) is 59.7 Å². The highest BCUT2D eigenvalue weighted by molar-refractivity contribution is 5.89. The van der Waals surface area contributed by atoms with Crippen LogP contribution in [0.3, 0.4) is 0 Å². The van der Waals surface area contributed by atoms with Crippen molar-refractivity contribution in [3.63, 3.8) is 0 Å². The summed E-state index contributed by atoms with van der Waals surface area (Å²) in [5.74, 6) is -1.45. The van der Waals surface area contributed by atoms with Crippen LogP contribution in [0.25, 0.3) is 0 Å². The molecule has 0 bridgehead atoms. The van der Waals surface area contributed by atoms with Gasteiger partial charge in [0.15, 0.2) is 0 Å². The number of nitrogens with one attached hydrogen (secondary N) is 1. The van der Waals surface area contributed by atoms with Gasteiger partial charge in [0.1, 0.15) is 11.6 Å². The molecule has 0 saturated carbocycles. The number of rotatable bonds is 2. The van der Waals surface area contributed by atoms with Gasteiger partial charge >= 0.3 is 6.03 Å². The molecular weight excluding hydrogens is 312 g/mol. The fourth-order valence-electron chi connectivity index (χ4n) is 2.71. The molecule has 2 aromatic rings. The van der Waals surface area contributed by atoms with Crippen LogP contribution in [0.15, 0.2) is 42.5 Å². The molecule has 126 valence electrons. The first-order chi connectivity index (χ1) is 11.5. The fourth-order valence-corrected chi connectivity index (χ4v) is 2.71. The Hall–Kier alpha value is -2.63. The van der Waals surface area contributed by atoms with E-state index in [1.807, 2.05) is 6.92 Å². The summed E-state index contributed by atoms with van der Waals surface area (Å²) in [6.45, 7) is 4.55. The first-order valence-corrected chi connectivity index (χ1v) is 7.85. The van der Waals surface area contributed by atoms with Gasteiger partial charge in [0.05, 0.1) is 5.69 Å². The number of anilines is 2. The number of amides is 2. The molecule has 2 aromatic carbocycles. The maximum Gasteiger partial charge on any atom is 0.322 e. The van der Waals surface area contributed by atoms with Gasteiger partial charge in [-0.3, -0.25) is 0 Å². The Morgan fingerprint density at radius 2 is 1.67 bits per heavy atom. The number of hydrogen-bond acceptors (Lipinski definition) is 2. The van der Waals surface area contributed by atoms with E-state index in [9.17, 15) is 13.6 Å². The molecule has 2 amide bonds. The molecule has 6 heteroatoms. The molecule has 1 aliphatic rings. The highest BCUT2D eigenvalue weighted by Gasteiger charge is 2.22. The summed E-state index contributed by atoms with van der Waals surface area (Å²) in [4.78, 5) is 16.1. The Kier molecular flexibility index (Phi) is 4.64. The molecule has 24 heavy (non-hydrogen) atoms. The summed E-state index contributed by atoms with van der Waals surface area (Å²) in [6.07, 6.45) is 0. The summed E-state index contributed by atoms with van der Waals surface area (Å²) in [5, 5.41) is 2.50. The van der Waals surface area contributed by atoms with Crippen LogP contribution in [0.2, 0.25) is 0 Å². The molecule has 4 nitrogen and oxygen atoms in total. The molecule has 0 unspecified atom stereocenters. The average Bonchev–Trinajstić information content (AvgIpc) is 2.58. The van der Waals surface area contributed by atoms with Crippen LogP contribution >= 0.6 is 0 Å². The zero-order chi connectivity index (χ0) is 17.1. The van der Waals surface area contributed by atoms with Crippen molar-refractivity contribution in [2.24, 2.45) is 0 Å².